The topological polar surface area (TPSA) is 63.3 Å². The summed E-state index contributed by atoms with van der Waals surface area (Å²) in [5, 5.41) is 13.9. The number of hydrogen-bond acceptors (Lipinski definition) is 3. The summed E-state index contributed by atoms with van der Waals surface area (Å²) in [6.45, 7) is 3.92. The van der Waals surface area contributed by atoms with E-state index in [0.717, 1.165) is 5.56 Å². The Balaban J connectivity index is 2.55. The minimum Gasteiger partial charge on any atom is -0.481 e. The van der Waals surface area contributed by atoms with Crippen molar-refractivity contribution in [2.45, 2.75) is 32.6 Å². The monoisotopic (exact) mass is 327 g/mol. The summed E-state index contributed by atoms with van der Waals surface area (Å²) in [6.07, 6.45) is 0.319. The Morgan fingerprint density at radius 2 is 1.95 bits per heavy atom. The maximum absolute atomic E-state index is 10.9. The van der Waals surface area contributed by atoms with E-state index in [2.05, 4.69) is 5.16 Å². The molecule has 1 heterocycles. The van der Waals surface area contributed by atoms with Gasteiger partial charge in [0.25, 0.3) is 0 Å². The predicted octanol–water partition coefficient (Wildman–Crippen LogP) is 4.79. The van der Waals surface area contributed by atoms with Crippen LogP contribution in [0.5, 0.6) is 0 Å². The fourth-order valence-electron chi connectivity index (χ4n) is 2.17. The molecule has 1 N–H and O–H groups in total. The zero-order valence-electron chi connectivity index (χ0n) is 11.7. The molecule has 0 aliphatic heterocycles. The van der Waals surface area contributed by atoms with Gasteiger partial charge in [0.15, 0.2) is 0 Å². The summed E-state index contributed by atoms with van der Waals surface area (Å²) in [6, 6.07) is 5.18. The van der Waals surface area contributed by atoms with Gasteiger partial charge in [0.1, 0.15) is 11.5 Å². The number of rotatable bonds is 5. The highest BCUT2D eigenvalue weighted by Gasteiger charge is 2.23. The van der Waals surface area contributed by atoms with Crippen LogP contribution in [0.15, 0.2) is 22.7 Å². The van der Waals surface area contributed by atoms with Gasteiger partial charge in [0, 0.05) is 23.5 Å². The van der Waals surface area contributed by atoms with Crippen LogP contribution in [0.2, 0.25) is 10.0 Å². The number of carboxylic acid groups (broad SMARTS) is 1. The minimum atomic E-state index is -0.873. The standard InChI is InChI=1S/C15H15Cl2NO3/c1-8(2)15-9(6-7-12(19)20)14(18-21-15)13-10(16)4-3-5-11(13)17/h3-5,8H,6-7H2,1-2H3,(H,19,20). The van der Waals surface area contributed by atoms with E-state index in [1.807, 2.05) is 13.8 Å². The molecule has 112 valence electrons. The molecule has 0 atom stereocenters. The largest absolute Gasteiger partial charge is 0.481 e. The van der Waals surface area contributed by atoms with Crippen molar-refractivity contribution < 1.29 is 14.4 Å². The third-order valence-corrected chi connectivity index (χ3v) is 3.76. The van der Waals surface area contributed by atoms with E-state index in [9.17, 15) is 4.79 Å². The number of aromatic nitrogens is 1. The molecule has 4 nitrogen and oxygen atoms in total. The van der Waals surface area contributed by atoms with E-state index >= 15 is 0 Å². The van der Waals surface area contributed by atoms with Crippen molar-refractivity contribution in [1.82, 2.24) is 5.16 Å². The van der Waals surface area contributed by atoms with Crippen molar-refractivity contribution in [3.63, 3.8) is 0 Å². The van der Waals surface area contributed by atoms with E-state index in [4.69, 9.17) is 32.8 Å². The third-order valence-electron chi connectivity index (χ3n) is 3.13. The van der Waals surface area contributed by atoms with Crippen LogP contribution in [-0.2, 0) is 11.2 Å². The van der Waals surface area contributed by atoms with E-state index in [1.54, 1.807) is 18.2 Å². The van der Waals surface area contributed by atoms with Crippen LogP contribution < -0.4 is 0 Å². The van der Waals surface area contributed by atoms with Gasteiger partial charge in [-0.05, 0) is 18.6 Å². The molecule has 1 aromatic carbocycles. The molecule has 21 heavy (non-hydrogen) atoms. The van der Waals surface area contributed by atoms with E-state index in [-0.39, 0.29) is 12.3 Å². The fourth-order valence-corrected chi connectivity index (χ4v) is 2.75. The Bertz CT molecular complexity index is 645. The number of benzene rings is 1. The molecule has 0 aliphatic carbocycles. The number of carboxylic acids is 1. The van der Waals surface area contributed by atoms with Gasteiger partial charge in [-0.2, -0.15) is 0 Å². The SMILES string of the molecule is CC(C)c1onc(-c2c(Cl)cccc2Cl)c1CCC(=O)O. The predicted molar refractivity (Wildman–Crippen MR) is 82.0 cm³/mol. The molecule has 6 heteroatoms. The van der Waals surface area contributed by atoms with Crippen LogP contribution in [0, 0.1) is 0 Å². The Hall–Kier alpha value is -1.52. The summed E-state index contributed by atoms with van der Waals surface area (Å²) in [5.41, 5.74) is 1.86. The number of hydrogen-bond donors (Lipinski definition) is 1. The fraction of sp³-hybridized carbons (Fsp3) is 0.333. The molecule has 0 amide bonds. The average Bonchev–Trinajstić information content (AvgIpc) is 2.80. The normalized spacial score (nSPS) is 11.1. The number of carbonyl (C=O) groups is 1. The van der Waals surface area contributed by atoms with Crippen molar-refractivity contribution in [3.05, 3.63) is 39.6 Å². The Labute approximate surface area is 132 Å². The lowest BCUT2D eigenvalue weighted by molar-refractivity contribution is -0.136. The number of nitrogens with zero attached hydrogens (tertiary/aromatic N) is 1. The highest BCUT2D eigenvalue weighted by atomic mass is 35.5. The summed E-state index contributed by atoms with van der Waals surface area (Å²) in [4.78, 5) is 10.9. The summed E-state index contributed by atoms with van der Waals surface area (Å²) in [5.74, 6) is -0.111. The van der Waals surface area contributed by atoms with Crippen molar-refractivity contribution in [2.24, 2.45) is 0 Å². The molecule has 0 spiro atoms. The first-order chi connectivity index (χ1) is 9.91. The smallest absolute Gasteiger partial charge is 0.303 e. The van der Waals surface area contributed by atoms with Crippen LogP contribution in [0.1, 0.15) is 37.5 Å². The van der Waals surface area contributed by atoms with Gasteiger partial charge in [-0.15, -0.1) is 0 Å². The highest BCUT2D eigenvalue weighted by molar-refractivity contribution is 6.39. The Morgan fingerprint density at radius 3 is 2.48 bits per heavy atom. The quantitative estimate of drug-likeness (QED) is 0.857. The minimum absolute atomic E-state index is 0.00396. The zero-order chi connectivity index (χ0) is 15.6. The van der Waals surface area contributed by atoms with Gasteiger partial charge < -0.3 is 9.63 Å². The average molecular weight is 328 g/mol. The molecule has 0 bridgehead atoms. The molecular formula is C15H15Cl2NO3. The van der Waals surface area contributed by atoms with Crippen molar-refractivity contribution in [3.8, 4) is 11.3 Å². The first-order valence-corrected chi connectivity index (χ1v) is 7.32. The van der Waals surface area contributed by atoms with Crippen molar-refractivity contribution >= 4 is 29.2 Å². The van der Waals surface area contributed by atoms with Gasteiger partial charge in [-0.3, -0.25) is 4.79 Å². The van der Waals surface area contributed by atoms with Gasteiger partial charge in [-0.25, -0.2) is 0 Å². The molecule has 0 fully saturated rings. The lowest BCUT2D eigenvalue weighted by Gasteiger charge is -2.08. The van der Waals surface area contributed by atoms with E-state index in [1.165, 1.54) is 0 Å². The lowest BCUT2D eigenvalue weighted by atomic mass is 9.97. The maximum atomic E-state index is 10.9. The Kier molecular flexibility index (Phi) is 4.91. The highest BCUT2D eigenvalue weighted by Crippen LogP contribution is 2.38. The van der Waals surface area contributed by atoms with Gasteiger partial charge >= 0.3 is 5.97 Å². The van der Waals surface area contributed by atoms with Crippen LogP contribution in [0.3, 0.4) is 0 Å². The summed E-state index contributed by atoms with van der Waals surface area (Å²) < 4.78 is 5.39. The second-order valence-corrected chi connectivity index (χ2v) is 5.83. The maximum Gasteiger partial charge on any atom is 0.303 e. The lowest BCUT2D eigenvalue weighted by Crippen LogP contribution is -2.01. The molecule has 0 saturated carbocycles. The van der Waals surface area contributed by atoms with Crippen molar-refractivity contribution in [2.75, 3.05) is 0 Å². The molecule has 2 aromatic rings. The summed E-state index contributed by atoms with van der Waals surface area (Å²) in [7, 11) is 0. The van der Waals surface area contributed by atoms with E-state index in [0.29, 0.717) is 33.5 Å². The number of aliphatic carboxylic acids is 1. The molecule has 0 aliphatic rings. The second kappa shape index (κ2) is 6.50. The molecule has 0 saturated heterocycles. The van der Waals surface area contributed by atoms with Gasteiger partial charge in [0.2, 0.25) is 0 Å². The van der Waals surface area contributed by atoms with Crippen LogP contribution in [0.25, 0.3) is 11.3 Å². The summed E-state index contributed by atoms with van der Waals surface area (Å²) >= 11 is 12.4. The van der Waals surface area contributed by atoms with Crippen molar-refractivity contribution in [1.29, 1.82) is 0 Å². The zero-order valence-corrected chi connectivity index (χ0v) is 13.2. The number of halogens is 2. The second-order valence-electron chi connectivity index (χ2n) is 5.02. The molecule has 1 aromatic heterocycles. The van der Waals surface area contributed by atoms with Gasteiger partial charge in [-0.1, -0.05) is 48.3 Å². The molecule has 2 rings (SSSR count). The first kappa shape index (κ1) is 15.9. The van der Waals surface area contributed by atoms with Gasteiger partial charge in [0.05, 0.1) is 10.0 Å². The third kappa shape index (κ3) is 3.39. The first-order valence-electron chi connectivity index (χ1n) is 6.56. The van der Waals surface area contributed by atoms with E-state index < -0.39 is 5.97 Å². The van der Waals surface area contributed by atoms with Crippen LogP contribution in [0.4, 0.5) is 0 Å². The van der Waals surface area contributed by atoms with Crippen LogP contribution in [-0.4, -0.2) is 16.2 Å². The molecule has 0 radical (unpaired) electrons. The molecule has 0 unspecified atom stereocenters. The molecular weight excluding hydrogens is 313 g/mol. The van der Waals surface area contributed by atoms with Crippen LogP contribution >= 0.6 is 23.2 Å². The Morgan fingerprint density at radius 1 is 1.33 bits per heavy atom.